The third-order valence-corrected chi connectivity index (χ3v) is 6.17. The van der Waals surface area contributed by atoms with E-state index in [1.54, 1.807) is 0 Å². The van der Waals surface area contributed by atoms with E-state index in [1.807, 2.05) is 48.9 Å². The van der Waals surface area contributed by atoms with Gasteiger partial charge in [0.05, 0.1) is 35.9 Å². The topological polar surface area (TPSA) is 59.4 Å². The zero-order chi connectivity index (χ0) is 21.8. The van der Waals surface area contributed by atoms with Crippen molar-refractivity contribution in [1.29, 1.82) is 0 Å². The maximum absolute atomic E-state index is 13.1. The second kappa shape index (κ2) is 9.77. The molecule has 31 heavy (non-hydrogen) atoms. The summed E-state index contributed by atoms with van der Waals surface area (Å²) in [6.45, 7) is 8.60. The van der Waals surface area contributed by atoms with Crippen LogP contribution in [0, 0.1) is 13.8 Å². The number of halogens is 1. The third-order valence-electron chi connectivity index (χ3n) is 5.65. The molecule has 1 N–H and O–H groups in total. The normalized spacial score (nSPS) is 14.5. The van der Waals surface area contributed by atoms with E-state index in [9.17, 15) is 4.79 Å². The van der Waals surface area contributed by atoms with Gasteiger partial charge in [-0.25, -0.2) is 4.68 Å². The van der Waals surface area contributed by atoms with E-state index in [0.29, 0.717) is 12.1 Å². The second-order valence-electron chi connectivity index (χ2n) is 7.77. The zero-order valence-electron chi connectivity index (χ0n) is 17.9. The monoisotopic (exact) mass is 482 g/mol. The van der Waals surface area contributed by atoms with Crippen molar-refractivity contribution in [3.8, 4) is 5.69 Å². The Kier molecular flexibility index (Phi) is 6.85. The molecule has 4 rings (SSSR count). The van der Waals surface area contributed by atoms with Gasteiger partial charge in [-0.2, -0.15) is 5.10 Å². The number of nitrogens with one attached hydrogen (secondary N) is 1. The van der Waals surface area contributed by atoms with Gasteiger partial charge in [0.25, 0.3) is 5.91 Å². The minimum Gasteiger partial charge on any atom is -0.379 e. The van der Waals surface area contributed by atoms with Crippen molar-refractivity contribution in [3.05, 3.63) is 81.1 Å². The van der Waals surface area contributed by atoms with Gasteiger partial charge in [0, 0.05) is 30.7 Å². The Morgan fingerprint density at radius 2 is 1.74 bits per heavy atom. The standard InChI is InChI=1S/C24H27BrN4O2/c1-17-23(18(2)29(27-17)22-9-7-21(25)8-10-22)24(30)26-15-19-5-3-4-6-20(19)16-28-11-13-31-14-12-28/h3-10H,11-16H2,1-2H3,(H,26,30). The lowest BCUT2D eigenvalue weighted by molar-refractivity contribution is 0.0340. The van der Waals surface area contributed by atoms with Crippen LogP contribution in [0.3, 0.4) is 0 Å². The van der Waals surface area contributed by atoms with E-state index in [4.69, 9.17) is 4.74 Å². The first-order chi connectivity index (χ1) is 15.0. The van der Waals surface area contributed by atoms with E-state index in [1.165, 1.54) is 5.56 Å². The first-order valence-corrected chi connectivity index (χ1v) is 11.3. The van der Waals surface area contributed by atoms with Gasteiger partial charge in [-0.05, 0) is 49.2 Å². The van der Waals surface area contributed by atoms with Crippen LogP contribution in [0.2, 0.25) is 0 Å². The number of rotatable bonds is 6. The van der Waals surface area contributed by atoms with E-state index in [-0.39, 0.29) is 5.91 Å². The number of benzene rings is 2. The van der Waals surface area contributed by atoms with Crippen molar-refractivity contribution in [1.82, 2.24) is 20.0 Å². The van der Waals surface area contributed by atoms with Crippen molar-refractivity contribution in [2.75, 3.05) is 26.3 Å². The number of carbonyl (C=O) groups excluding carboxylic acids is 1. The molecule has 0 atom stereocenters. The molecule has 1 fully saturated rings. The highest BCUT2D eigenvalue weighted by Gasteiger charge is 2.20. The van der Waals surface area contributed by atoms with Crippen LogP contribution in [0.5, 0.6) is 0 Å². The summed E-state index contributed by atoms with van der Waals surface area (Å²) in [4.78, 5) is 15.5. The molecule has 1 amide bonds. The van der Waals surface area contributed by atoms with E-state index in [2.05, 4.69) is 49.4 Å². The summed E-state index contributed by atoms with van der Waals surface area (Å²) >= 11 is 3.46. The molecule has 1 aromatic heterocycles. The van der Waals surface area contributed by atoms with Crippen LogP contribution in [0.1, 0.15) is 32.9 Å². The summed E-state index contributed by atoms with van der Waals surface area (Å²) in [5, 5.41) is 7.71. The van der Waals surface area contributed by atoms with Crippen LogP contribution in [-0.2, 0) is 17.8 Å². The molecule has 162 valence electrons. The highest BCUT2D eigenvalue weighted by atomic mass is 79.9. The summed E-state index contributed by atoms with van der Waals surface area (Å²) in [7, 11) is 0. The smallest absolute Gasteiger partial charge is 0.255 e. The van der Waals surface area contributed by atoms with Gasteiger partial charge < -0.3 is 10.1 Å². The first-order valence-electron chi connectivity index (χ1n) is 10.5. The van der Waals surface area contributed by atoms with Crippen molar-refractivity contribution < 1.29 is 9.53 Å². The molecule has 0 saturated carbocycles. The largest absolute Gasteiger partial charge is 0.379 e. The molecular formula is C24H27BrN4O2. The molecule has 0 spiro atoms. The fourth-order valence-electron chi connectivity index (χ4n) is 3.95. The number of hydrogen-bond donors (Lipinski definition) is 1. The SMILES string of the molecule is Cc1nn(-c2ccc(Br)cc2)c(C)c1C(=O)NCc1ccccc1CN1CCOCC1. The van der Waals surface area contributed by atoms with E-state index >= 15 is 0 Å². The molecule has 0 unspecified atom stereocenters. The third kappa shape index (κ3) is 5.06. The molecule has 1 aliphatic heterocycles. The summed E-state index contributed by atoms with van der Waals surface area (Å²) < 4.78 is 8.28. The van der Waals surface area contributed by atoms with Crippen LogP contribution in [0.4, 0.5) is 0 Å². The molecular weight excluding hydrogens is 456 g/mol. The van der Waals surface area contributed by atoms with Gasteiger partial charge in [-0.15, -0.1) is 0 Å². The van der Waals surface area contributed by atoms with E-state index in [0.717, 1.165) is 60.0 Å². The van der Waals surface area contributed by atoms with Gasteiger partial charge in [0.15, 0.2) is 0 Å². The van der Waals surface area contributed by atoms with Crippen LogP contribution >= 0.6 is 15.9 Å². The minimum atomic E-state index is -0.0977. The van der Waals surface area contributed by atoms with Gasteiger partial charge >= 0.3 is 0 Å². The number of ether oxygens (including phenoxy) is 1. The van der Waals surface area contributed by atoms with Crippen LogP contribution < -0.4 is 5.32 Å². The fraction of sp³-hybridized carbons (Fsp3) is 0.333. The predicted octanol–water partition coefficient (Wildman–Crippen LogP) is 4.01. The van der Waals surface area contributed by atoms with Gasteiger partial charge in [0.1, 0.15) is 0 Å². The van der Waals surface area contributed by atoms with Crippen LogP contribution in [0.15, 0.2) is 53.0 Å². The number of aromatic nitrogens is 2. The average molecular weight is 483 g/mol. The second-order valence-corrected chi connectivity index (χ2v) is 8.69. The predicted molar refractivity (Wildman–Crippen MR) is 124 cm³/mol. The van der Waals surface area contributed by atoms with Crippen LogP contribution in [-0.4, -0.2) is 46.9 Å². The Labute approximate surface area is 191 Å². The number of aryl methyl sites for hydroxylation is 1. The molecule has 3 aromatic rings. The highest BCUT2D eigenvalue weighted by Crippen LogP contribution is 2.20. The summed E-state index contributed by atoms with van der Waals surface area (Å²) in [6.07, 6.45) is 0. The molecule has 1 saturated heterocycles. The molecule has 1 aliphatic rings. The summed E-state index contributed by atoms with van der Waals surface area (Å²) in [5.41, 5.74) is 5.49. The lowest BCUT2D eigenvalue weighted by atomic mass is 10.1. The first kappa shape index (κ1) is 21.7. The molecule has 0 bridgehead atoms. The van der Waals surface area contributed by atoms with Gasteiger partial charge in [-0.1, -0.05) is 40.2 Å². The zero-order valence-corrected chi connectivity index (χ0v) is 19.5. The number of nitrogens with zero attached hydrogens (tertiary/aromatic N) is 3. The highest BCUT2D eigenvalue weighted by molar-refractivity contribution is 9.10. The minimum absolute atomic E-state index is 0.0977. The Morgan fingerprint density at radius 3 is 2.45 bits per heavy atom. The molecule has 7 heteroatoms. The quantitative estimate of drug-likeness (QED) is 0.576. The summed E-state index contributed by atoms with van der Waals surface area (Å²) in [6, 6.07) is 16.2. The van der Waals surface area contributed by atoms with E-state index < -0.39 is 0 Å². The number of amides is 1. The van der Waals surface area contributed by atoms with Crippen molar-refractivity contribution >= 4 is 21.8 Å². The molecule has 0 radical (unpaired) electrons. The van der Waals surface area contributed by atoms with Crippen molar-refractivity contribution in [2.24, 2.45) is 0 Å². The van der Waals surface area contributed by atoms with Crippen molar-refractivity contribution in [2.45, 2.75) is 26.9 Å². The Bertz CT molecular complexity index is 1060. The fourth-order valence-corrected chi connectivity index (χ4v) is 4.22. The Morgan fingerprint density at radius 1 is 1.06 bits per heavy atom. The average Bonchev–Trinajstić information content (AvgIpc) is 3.08. The van der Waals surface area contributed by atoms with Gasteiger partial charge in [0.2, 0.25) is 0 Å². The molecule has 2 heterocycles. The molecule has 0 aliphatic carbocycles. The maximum atomic E-state index is 13.1. The summed E-state index contributed by atoms with van der Waals surface area (Å²) in [5.74, 6) is -0.0977. The van der Waals surface area contributed by atoms with Gasteiger partial charge in [-0.3, -0.25) is 9.69 Å². The number of hydrogen-bond acceptors (Lipinski definition) is 4. The molecule has 6 nitrogen and oxygen atoms in total. The lowest BCUT2D eigenvalue weighted by Gasteiger charge is -2.27. The Hall–Kier alpha value is -2.48. The number of carbonyl (C=O) groups is 1. The molecule has 2 aromatic carbocycles. The lowest BCUT2D eigenvalue weighted by Crippen LogP contribution is -2.36. The Balaban J connectivity index is 1.48. The number of morpholine rings is 1. The van der Waals surface area contributed by atoms with Crippen molar-refractivity contribution in [3.63, 3.8) is 0 Å². The van der Waals surface area contributed by atoms with Crippen LogP contribution in [0.25, 0.3) is 5.69 Å². The maximum Gasteiger partial charge on any atom is 0.255 e.